The van der Waals surface area contributed by atoms with Crippen molar-refractivity contribution in [2.75, 3.05) is 31.7 Å². The van der Waals surface area contributed by atoms with E-state index in [-0.39, 0.29) is 24.3 Å². The van der Waals surface area contributed by atoms with Gasteiger partial charge in [0.1, 0.15) is 11.4 Å². The third-order valence-electron chi connectivity index (χ3n) is 6.35. The number of aliphatic hydroxyl groups excluding tert-OH is 1. The molecule has 2 heterocycles. The number of anilines is 1. The van der Waals surface area contributed by atoms with Gasteiger partial charge < -0.3 is 14.7 Å². The lowest BCUT2D eigenvalue weighted by molar-refractivity contribution is -0.120. The minimum Gasteiger partial charge on any atom is -0.496 e. The van der Waals surface area contributed by atoms with Gasteiger partial charge in [-0.15, -0.1) is 0 Å². The molecule has 2 amide bonds. The molecule has 0 bridgehead atoms. The summed E-state index contributed by atoms with van der Waals surface area (Å²) in [6.45, 7) is 5.18. The molecule has 0 aromatic heterocycles. The summed E-state index contributed by atoms with van der Waals surface area (Å²) in [4.78, 5) is 30.8. The second kappa shape index (κ2) is 8.55. The Morgan fingerprint density at radius 1 is 1.06 bits per heavy atom. The number of hydrogen-bond donors (Lipinski definition) is 1. The van der Waals surface area contributed by atoms with Crippen LogP contribution in [0.25, 0.3) is 5.57 Å². The summed E-state index contributed by atoms with van der Waals surface area (Å²) in [5.74, 6) is -0.0324. The van der Waals surface area contributed by atoms with Crippen LogP contribution in [-0.2, 0) is 9.59 Å². The molecule has 1 saturated heterocycles. The third kappa shape index (κ3) is 3.61. The molecule has 2 aliphatic heterocycles. The summed E-state index contributed by atoms with van der Waals surface area (Å²) in [6.07, 6.45) is 1.77. The molecule has 1 atom stereocenters. The van der Waals surface area contributed by atoms with Crippen molar-refractivity contribution in [1.29, 1.82) is 0 Å². The van der Waals surface area contributed by atoms with Gasteiger partial charge in [-0.3, -0.25) is 9.59 Å². The van der Waals surface area contributed by atoms with Gasteiger partial charge in [0.05, 0.1) is 18.4 Å². The number of hydrogen-bond acceptors (Lipinski definition) is 5. The molecule has 4 rings (SSSR count). The normalized spacial score (nSPS) is 19.4. The first-order valence-corrected chi connectivity index (χ1v) is 10.7. The first-order chi connectivity index (χ1) is 15.0. The van der Waals surface area contributed by atoms with Gasteiger partial charge >= 0.3 is 0 Å². The highest BCUT2D eigenvalue weighted by Gasteiger charge is 2.44. The second-order valence-corrected chi connectivity index (χ2v) is 8.23. The lowest BCUT2D eigenvalue weighted by Crippen LogP contribution is -2.40. The molecule has 2 aliphatic rings. The first-order valence-electron chi connectivity index (χ1n) is 10.7. The monoisotopic (exact) mass is 420 g/mol. The number of aryl methyl sites for hydroxylation is 1. The molecule has 0 aliphatic carbocycles. The van der Waals surface area contributed by atoms with Crippen LogP contribution in [0.1, 0.15) is 29.5 Å². The van der Waals surface area contributed by atoms with Crippen LogP contribution in [0.2, 0.25) is 0 Å². The van der Waals surface area contributed by atoms with Crippen molar-refractivity contribution in [1.82, 2.24) is 4.90 Å². The largest absolute Gasteiger partial charge is 0.496 e. The van der Waals surface area contributed by atoms with E-state index >= 15 is 0 Å². The zero-order valence-electron chi connectivity index (χ0n) is 18.2. The van der Waals surface area contributed by atoms with Crippen LogP contribution < -0.4 is 9.64 Å². The third-order valence-corrected chi connectivity index (χ3v) is 6.35. The molecule has 0 saturated carbocycles. The van der Waals surface area contributed by atoms with Gasteiger partial charge in [-0.2, -0.15) is 0 Å². The Morgan fingerprint density at radius 3 is 2.58 bits per heavy atom. The van der Waals surface area contributed by atoms with Crippen LogP contribution >= 0.6 is 0 Å². The molecule has 0 spiro atoms. The van der Waals surface area contributed by atoms with Gasteiger partial charge in [-0.25, -0.2) is 4.90 Å². The summed E-state index contributed by atoms with van der Waals surface area (Å²) in [7, 11) is 1.56. The van der Waals surface area contributed by atoms with Crippen LogP contribution in [0.15, 0.2) is 48.2 Å². The maximum absolute atomic E-state index is 13.8. The molecule has 6 nitrogen and oxygen atoms in total. The van der Waals surface area contributed by atoms with Crippen molar-refractivity contribution >= 4 is 23.1 Å². The van der Waals surface area contributed by atoms with E-state index in [1.165, 1.54) is 4.90 Å². The first kappa shape index (κ1) is 21.1. The number of piperidine rings is 1. The lowest BCUT2D eigenvalue weighted by Gasteiger charge is -2.34. The highest BCUT2D eigenvalue weighted by Crippen LogP contribution is 2.40. The Balaban J connectivity index is 1.88. The summed E-state index contributed by atoms with van der Waals surface area (Å²) < 4.78 is 5.53. The standard InChI is InChI=1S/C25H28N2O4/c1-16-8-6-11-20(17(16)2)27-24(29)22(19-10-4-5-12-21(19)31-3)23(25(27)30)26-13-7-9-18(14-26)15-28/h4-6,8,10-12,18,28H,7,9,13-15H2,1-3H3. The minimum atomic E-state index is -0.343. The van der Waals surface area contributed by atoms with E-state index in [1.54, 1.807) is 13.2 Å². The van der Waals surface area contributed by atoms with Crippen LogP contribution in [0.5, 0.6) is 5.75 Å². The quantitative estimate of drug-likeness (QED) is 0.752. The predicted molar refractivity (Wildman–Crippen MR) is 120 cm³/mol. The summed E-state index contributed by atoms with van der Waals surface area (Å²) in [5.41, 5.74) is 3.89. The fourth-order valence-corrected chi connectivity index (χ4v) is 4.52. The molecule has 0 radical (unpaired) electrons. The Labute approximate surface area is 182 Å². The van der Waals surface area contributed by atoms with Crippen LogP contribution in [0, 0.1) is 19.8 Å². The average molecular weight is 421 g/mol. The fourth-order valence-electron chi connectivity index (χ4n) is 4.52. The summed E-state index contributed by atoms with van der Waals surface area (Å²) >= 11 is 0. The summed E-state index contributed by atoms with van der Waals surface area (Å²) in [6, 6.07) is 12.9. The molecule has 1 fully saturated rings. The van der Waals surface area contributed by atoms with Gasteiger partial charge in [-0.1, -0.05) is 30.3 Å². The van der Waals surface area contributed by atoms with Gasteiger partial charge in [0.2, 0.25) is 0 Å². The van der Waals surface area contributed by atoms with E-state index in [9.17, 15) is 14.7 Å². The van der Waals surface area contributed by atoms with Gasteiger partial charge in [0.25, 0.3) is 11.8 Å². The zero-order valence-corrected chi connectivity index (χ0v) is 18.2. The second-order valence-electron chi connectivity index (χ2n) is 8.23. The number of amides is 2. The Morgan fingerprint density at radius 2 is 1.84 bits per heavy atom. The predicted octanol–water partition coefficient (Wildman–Crippen LogP) is 3.30. The molecular weight excluding hydrogens is 392 g/mol. The molecule has 1 unspecified atom stereocenters. The zero-order chi connectivity index (χ0) is 22.1. The Kier molecular flexibility index (Phi) is 5.83. The SMILES string of the molecule is COc1ccccc1C1=C(N2CCCC(CO)C2)C(=O)N(c2cccc(C)c2C)C1=O. The van der Waals surface area contributed by atoms with Crippen molar-refractivity contribution < 1.29 is 19.4 Å². The number of carbonyl (C=O) groups is 2. The van der Waals surface area contributed by atoms with Crippen molar-refractivity contribution in [3.8, 4) is 5.75 Å². The maximum atomic E-state index is 13.8. The lowest BCUT2D eigenvalue weighted by atomic mass is 9.96. The number of aliphatic hydroxyl groups is 1. The van der Waals surface area contributed by atoms with E-state index in [0.717, 1.165) is 24.0 Å². The number of benzene rings is 2. The maximum Gasteiger partial charge on any atom is 0.282 e. The van der Waals surface area contributed by atoms with Gasteiger partial charge in [-0.05, 0) is 55.9 Å². The van der Waals surface area contributed by atoms with E-state index in [2.05, 4.69) is 0 Å². The number of imide groups is 1. The van der Waals surface area contributed by atoms with E-state index < -0.39 is 0 Å². The number of methoxy groups -OCH3 is 1. The molecule has 162 valence electrons. The number of ether oxygens (including phenoxy) is 1. The van der Waals surface area contributed by atoms with Crippen molar-refractivity contribution in [3.63, 3.8) is 0 Å². The summed E-state index contributed by atoms with van der Waals surface area (Å²) in [5, 5.41) is 9.71. The Bertz CT molecular complexity index is 1060. The van der Waals surface area contributed by atoms with Crippen molar-refractivity contribution in [3.05, 3.63) is 64.9 Å². The Hall–Kier alpha value is -3.12. The molecule has 2 aromatic carbocycles. The molecule has 2 aromatic rings. The average Bonchev–Trinajstić information content (AvgIpc) is 3.05. The fraction of sp³-hybridized carbons (Fsp3) is 0.360. The number of para-hydroxylation sites is 1. The van der Waals surface area contributed by atoms with E-state index in [1.807, 2.05) is 55.1 Å². The molecule has 1 N–H and O–H groups in total. The van der Waals surface area contributed by atoms with Crippen LogP contribution in [-0.4, -0.2) is 48.6 Å². The van der Waals surface area contributed by atoms with E-state index in [4.69, 9.17) is 4.74 Å². The highest BCUT2D eigenvalue weighted by molar-refractivity contribution is 6.45. The van der Waals surface area contributed by atoms with Gasteiger partial charge in [0, 0.05) is 25.3 Å². The number of carbonyl (C=O) groups excluding carboxylic acids is 2. The van der Waals surface area contributed by atoms with Crippen LogP contribution in [0.4, 0.5) is 5.69 Å². The minimum absolute atomic E-state index is 0.0661. The smallest absolute Gasteiger partial charge is 0.282 e. The topological polar surface area (TPSA) is 70.1 Å². The number of rotatable bonds is 5. The molecular formula is C25H28N2O4. The van der Waals surface area contributed by atoms with Gasteiger partial charge in [0.15, 0.2) is 0 Å². The number of nitrogens with zero attached hydrogens (tertiary/aromatic N) is 2. The molecule has 31 heavy (non-hydrogen) atoms. The van der Waals surface area contributed by atoms with Crippen molar-refractivity contribution in [2.24, 2.45) is 5.92 Å². The van der Waals surface area contributed by atoms with Crippen molar-refractivity contribution in [2.45, 2.75) is 26.7 Å². The van der Waals surface area contributed by atoms with E-state index in [0.29, 0.717) is 41.4 Å². The number of likely N-dealkylation sites (tertiary alicyclic amines) is 1. The molecule has 6 heteroatoms. The van der Waals surface area contributed by atoms with Crippen LogP contribution in [0.3, 0.4) is 0 Å². The highest BCUT2D eigenvalue weighted by atomic mass is 16.5.